The first-order valence-corrected chi connectivity index (χ1v) is 9.64. The highest BCUT2D eigenvalue weighted by Crippen LogP contribution is 2.33. The average molecular weight is 388 g/mol. The van der Waals surface area contributed by atoms with Crippen LogP contribution in [0.3, 0.4) is 0 Å². The summed E-state index contributed by atoms with van der Waals surface area (Å²) in [6.07, 6.45) is 5.57. The molecule has 1 aromatic heterocycles. The summed E-state index contributed by atoms with van der Waals surface area (Å²) in [4.78, 5) is 17.0. The molecule has 0 radical (unpaired) electrons. The first-order chi connectivity index (χ1) is 12.6. The van der Waals surface area contributed by atoms with Crippen LogP contribution in [-0.4, -0.2) is 28.3 Å². The summed E-state index contributed by atoms with van der Waals surface area (Å²) in [6.45, 7) is 2.33. The first kappa shape index (κ1) is 18.4. The molecule has 3 rings (SSSR count). The number of rotatable bonds is 6. The topological polar surface area (TPSA) is 56.1 Å². The number of nitrogens with zero attached hydrogens (tertiary/aromatic N) is 2. The fourth-order valence-electron chi connectivity index (χ4n) is 2.53. The Labute approximate surface area is 161 Å². The van der Waals surface area contributed by atoms with Gasteiger partial charge in [0.05, 0.1) is 17.3 Å². The number of nitrogens with one attached hydrogen (secondary N) is 1. The highest BCUT2D eigenvalue weighted by molar-refractivity contribution is 7.98. The molecule has 0 unspecified atom stereocenters. The summed E-state index contributed by atoms with van der Waals surface area (Å²) < 4.78 is 7.49. The number of aromatic nitrogens is 2. The third-order valence-corrected chi connectivity index (χ3v) is 4.64. The number of imidazole rings is 1. The van der Waals surface area contributed by atoms with Crippen LogP contribution in [0.4, 0.5) is 5.69 Å². The van der Waals surface area contributed by atoms with E-state index in [1.54, 1.807) is 42.2 Å². The van der Waals surface area contributed by atoms with Gasteiger partial charge in [-0.1, -0.05) is 35.5 Å². The minimum absolute atomic E-state index is 0.235. The predicted molar refractivity (Wildman–Crippen MR) is 106 cm³/mol. The number of ether oxygens (including phenoxy) is 1. The third-order valence-electron chi connectivity index (χ3n) is 3.68. The van der Waals surface area contributed by atoms with Gasteiger partial charge >= 0.3 is 0 Å². The number of hydrogen-bond donors (Lipinski definition) is 1. The van der Waals surface area contributed by atoms with Gasteiger partial charge in [-0.3, -0.25) is 9.36 Å². The predicted octanol–water partition coefficient (Wildman–Crippen LogP) is 4.90. The van der Waals surface area contributed by atoms with Crippen molar-refractivity contribution in [2.75, 3.05) is 18.2 Å². The normalized spacial score (nSPS) is 10.6. The van der Waals surface area contributed by atoms with Crippen LogP contribution in [0.1, 0.15) is 17.3 Å². The quantitative estimate of drug-likeness (QED) is 0.611. The molecule has 0 atom stereocenters. The molecule has 0 saturated carbocycles. The maximum Gasteiger partial charge on any atom is 0.255 e. The van der Waals surface area contributed by atoms with E-state index in [2.05, 4.69) is 10.3 Å². The van der Waals surface area contributed by atoms with Crippen LogP contribution in [0, 0.1) is 0 Å². The Bertz CT molecular complexity index is 927. The van der Waals surface area contributed by atoms with Crippen LogP contribution in [-0.2, 0) is 0 Å². The number of carbonyl (C=O) groups is 1. The van der Waals surface area contributed by atoms with Crippen molar-refractivity contribution in [1.29, 1.82) is 0 Å². The summed E-state index contributed by atoms with van der Waals surface area (Å²) in [6, 6.07) is 12.6. The van der Waals surface area contributed by atoms with Gasteiger partial charge in [-0.2, -0.15) is 0 Å². The van der Waals surface area contributed by atoms with E-state index in [-0.39, 0.29) is 5.91 Å². The van der Waals surface area contributed by atoms with E-state index >= 15 is 0 Å². The van der Waals surface area contributed by atoms with E-state index in [0.29, 0.717) is 28.6 Å². The zero-order valence-corrected chi connectivity index (χ0v) is 16.0. The van der Waals surface area contributed by atoms with E-state index in [9.17, 15) is 4.79 Å². The molecule has 7 heteroatoms. The number of carbonyl (C=O) groups excluding carboxylic acids is 1. The SMILES string of the molecule is CCOc1c(Cl)cccc1NC(=O)c1cccc(-n2ccnc2SC)c1. The van der Waals surface area contributed by atoms with Gasteiger partial charge in [0.1, 0.15) is 0 Å². The monoisotopic (exact) mass is 387 g/mol. The van der Waals surface area contributed by atoms with Gasteiger partial charge in [0, 0.05) is 23.6 Å². The van der Waals surface area contributed by atoms with Crippen molar-refractivity contribution in [3.05, 3.63) is 65.4 Å². The fraction of sp³-hybridized carbons (Fsp3) is 0.158. The van der Waals surface area contributed by atoms with Crippen molar-refractivity contribution in [3.63, 3.8) is 0 Å². The molecule has 1 amide bonds. The van der Waals surface area contributed by atoms with Crippen molar-refractivity contribution < 1.29 is 9.53 Å². The molecule has 0 aliphatic heterocycles. The van der Waals surface area contributed by atoms with E-state index < -0.39 is 0 Å². The van der Waals surface area contributed by atoms with Gasteiger partial charge in [-0.25, -0.2) is 4.98 Å². The molecule has 26 heavy (non-hydrogen) atoms. The molecule has 0 fully saturated rings. The summed E-state index contributed by atoms with van der Waals surface area (Å²) >= 11 is 7.72. The summed E-state index contributed by atoms with van der Waals surface area (Å²) in [7, 11) is 0. The van der Waals surface area contributed by atoms with Gasteiger partial charge in [-0.05, 0) is 43.5 Å². The number of benzene rings is 2. The van der Waals surface area contributed by atoms with E-state index in [0.717, 1.165) is 10.8 Å². The van der Waals surface area contributed by atoms with Crippen molar-refractivity contribution >= 4 is 35.0 Å². The molecule has 1 N–H and O–H groups in total. The van der Waals surface area contributed by atoms with E-state index in [1.807, 2.05) is 42.1 Å². The molecular formula is C19H18ClN3O2S. The maximum atomic E-state index is 12.7. The second-order valence-corrected chi connectivity index (χ2v) is 6.52. The first-order valence-electron chi connectivity index (χ1n) is 8.04. The molecule has 5 nitrogen and oxygen atoms in total. The van der Waals surface area contributed by atoms with Gasteiger partial charge in [-0.15, -0.1) is 0 Å². The molecule has 0 aliphatic carbocycles. The summed E-state index contributed by atoms with van der Waals surface area (Å²) in [5, 5.41) is 4.19. The minimum Gasteiger partial charge on any atom is -0.490 e. The number of halogens is 1. The smallest absolute Gasteiger partial charge is 0.255 e. The fourth-order valence-corrected chi connectivity index (χ4v) is 3.29. The Kier molecular flexibility index (Phi) is 5.85. The summed E-state index contributed by atoms with van der Waals surface area (Å²) in [5.41, 5.74) is 1.95. The minimum atomic E-state index is -0.235. The van der Waals surface area contributed by atoms with Crippen molar-refractivity contribution in [1.82, 2.24) is 9.55 Å². The van der Waals surface area contributed by atoms with Gasteiger partial charge in [0.2, 0.25) is 0 Å². The molecule has 0 spiro atoms. The van der Waals surface area contributed by atoms with Crippen LogP contribution in [0.2, 0.25) is 5.02 Å². The Balaban J connectivity index is 1.88. The van der Waals surface area contributed by atoms with Crippen LogP contribution in [0.15, 0.2) is 60.0 Å². The lowest BCUT2D eigenvalue weighted by Gasteiger charge is -2.13. The van der Waals surface area contributed by atoms with Crippen molar-refractivity contribution in [2.45, 2.75) is 12.1 Å². The van der Waals surface area contributed by atoms with Gasteiger partial charge in [0.15, 0.2) is 10.9 Å². The van der Waals surface area contributed by atoms with Crippen molar-refractivity contribution in [3.8, 4) is 11.4 Å². The van der Waals surface area contributed by atoms with Crippen LogP contribution in [0.25, 0.3) is 5.69 Å². The number of anilines is 1. The Morgan fingerprint density at radius 2 is 2.12 bits per heavy atom. The van der Waals surface area contributed by atoms with Crippen LogP contribution < -0.4 is 10.1 Å². The zero-order valence-electron chi connectivity index (χ0n) is 14.4. The molecule has 2 aromatic carbocycles. The molecule has 0 aliphatic rings. The highest BCUT2D eigenvalue weighted by Gasteiger charge is 2.14. The largest absolute Gasteiger partial charge is 0.490 e. The number of amides is 1. The lowest BCUT2D eigenvalue weighted by molar-refractivity contribution is 0.102. The average Bonchev–Trinajstić information content (AvgIpc) is 3.13. The Hall–Kier alpha value is -2.44. The third kappa shape index (κ3) is 3.86. The number of para-hydroxylation sites is 1. The van der Waals surface area contributed by atoms with Crippen LogP contribution >= 0.6 is 23.4 Å². The maximum absolute atomic E-state index is 12.7. The molecule has 0 bridgehead atoms. The number of thioether (sulfide) groups is 1. The lowest BCUT2D eigenvalue weighted by Crippen LogP contribution is -2.13. The van der Waals surface area contributed by atoms with E-state index in [4.69, 9.17) is 16.3 Å². The second kappa shape index (κ2) is 8.29. The van der Waals surface area contributed by atoms with Crippen LogP contribution in [0.5, 0.6) is 5.75 Å². The van der Waals surface area contributed by atoms with Gasteiger partial charge in [0.25, 0.3) is 5.91 Å². The Morgan fingerprint density at radius 3 is 2.88 bits per heavy atom. The summed E-state index contributed by atoms with van der Waals surface area (Å²) in [5.74, 6) is 0.237. The Morgan fingerprint density at radius 1 is 1.31 bits per heavy atom. The molecule has 0 saturated heterocycles. The van der Waals surface area contributed by atoms with E-state index in [1.165, 1.54) is 0 Å². The zero-order chi connectivity index (χ0) is 18.5. The highest BCUT2D eigenvalue weighted by atomic mass is 35.5. The van der Waals surface area contributed by atoms with Gasteiger partial charge < -0.3 is 10.1 Å². The number of hydrogen-bond acceptors (Lipinski definition) is 4. The molecule has 3 aromatic rings. The second-order valence-electron chi connectivity index (χ2n) is 5.34. The standard InChI is InChI=1S/C19H18ClN3O2S/c1-3-25-17-15(20)8-5-9-16(17)22-18(24)13-6-4-7-14(12-13)23-11-10-21-19(23)26-2/h4-12H,3H2,1-2H3,(H,22,24). The molecule has 1 heterocycles. The molecular weight excluding hydrogens is 370 g/mol. The lowest BCUT2D eigenvalue weighted by atomic mass is 10.1. The van der Waals surface area contributed by atoms with Crippen molar-refractivity contribution in [2.24, 2.45) is 0 Å². The molecule has 134 valence electrons.